The highest BCUT2D eigenvalue weighted by molar-refractivity contribution is 9.41. The maximum absolute atomic E-state index is 5.57. The van der Waals surface area contributed by atoms with Gasteiger partial charge in [0.2, 0.25) is 0 Å². The van der Waals surface area contributed by atoms with Crippen LogP contribution >= 0.6 is 32.9 Å². The summed E-state index contributed by atoms with van der Waals surface area (Å²) in [5, 5.41) is 0. The molecule has 0 spiro atoms. The lowest BCUT2D eigenvalue weighted by Crippen LogP contribution is -1.74. The minimum Gasteiger partial charge on any atom is -0.448 e. The molecule has 0 aliphatic heterocycles. The zero-order valence-electron chi connectivity index (χ0n) is 5.00. The van der Waals surface area contributed by atoms with E-state index in [9.17, 15) is 0 Å². The molecule has 0 bridgehead atoms. The lowest BCUT2D eigenvalue weighted by Gasteiger charge is -2.02. The zero-order chi connectivity index (χ0) is 7.40. The minimum absolute atomic E-state index is 0.792. The van der Waals surface area contributed by atoms with Crippen LogP contribution in [0, 0.1) is 0 Å². The van der Waals surface area contributed by atoms with Crippen molar-refractivity contribution in [2.24, 2.45) is 0 Å². The van der Waals surface area contributed by atoms with E-state index in [4.69, 9.17) is 15.8 Å². The van der Waals surface area contributed by atoms with Crippen LogP contribution in [-0.4, -0.2) is 0 Å². The summed E-state index contributed by atoms with van der Waals surface area (Å²) in [5.74, 6) is 0.792. The lowest BCUT2D eigenvalue weighted by molar-refractivity contribution is 0.639. The van der Waals surface area contributed by atoms with E-state index in [1.807, 2.05) is 30.3 Å². The van der Waals surface area contributed by atoms with Gasteiger partial charge in [0.1, 0.15) is 5.75 Å². The second-order valence-electron chi connectivity index (χ2n) is 1.61. The van der Waals surface area contributed by atoms with E-state index in [2.05, 4.69) is 15.5 Å². The normalized spacial score (nSPS) is 12.6. The van der Waals surface area contributed by atoms with Gasteiger partial charge < -0.3 is 4.52 Å². The highest BCUT2D eigenvalue weighted by Gasteiger charge is 1.98. The summed E-state index contributed by atoms with van der Waals surface area (Å²) in [5.41, 5.74) is 0. The monoisotopic (exact) mass is 238 g/mol. The quantitative estimate of drug-likeness (QED) is 0.711. The molecule has 4 heteroatoms. The van der Waals surface area contributed by atoms with Gasteiger partial charge in [-0.3, -0.25) is 0 Å². The zero-order valence-corrected chi connectivity index (χ0v) is 8.23. The van der Waals surface area contributed by atoms with Gasteiger partial charge in [0.25, 0.3) is 6.20 Å². The third-order valence-corrected chi connectivity index (χ3v) is 1.91. The van der Waals surface area contributed by atoms with Gasteiger partial charge in [-0.2, -0.15) is 0 Å². The molecular weight excluding hydrogens is 234 g/mol. The Hall–Kier alpha value is 0.220. The van der Waals surface area contributed by atoms with E-state index >= 15 is 0 Å². The summed E-state index contributed by atoms with van der Waals surface area (Å²) in [6, 6.07) is 9.45. The molecule has 1 rings (SSSR count). The fourth-order valence-corrected chi connectivity index (χ4v) is 1.58. The van der Waals surface area contributed by atoms with Gasteiger partial charge in [0, 0.05) is 15.5 Å². The van der Waals surface area contributed by atoms with Crippen LogP contribution in [0.15, 0.2) is 30.3 Å². The third-order valence-electron chi connectivity index (χ3n) is 0.918. The Kier molecular flexibility index (Phi) is 3.47. The smallest absolute Gasteiger partial charge is 0.255 e. The van der Waals surface area contributed by atoms with Crippen LogP contribution in [0.1, 0.15) is 0 Å². The molecule has 1 unspecified atom stereocenters. The molecule has 1 atom stereocenters. The van der Waals surface area contributed by atoms with Crippen LogP contribution in [0.5, 0.6) is 5.75 Å². The van der Waals surface area contributed by atoms with Crippen molar-refractivity contribution in [1.82, 2.24) is 0 Å². The molecule has 54 valence electrons. The molecule has 0 fully saturated rings. The van der Waals surface area contributed by atoms with E-state index in [1.165, 1.54) is 0 Å². The Balaban J connectivity index is 2.59. The number of benzene rings is 1. The largest absolute Gasteiger partial charge is 0.448 e. The van der Waals surface area contributed by atoms with Crippen molar-refractivity contribution < 1.29 is 4.52 Å². The Bertz CT molecular complexity index is 192. The number of hydrogen-bond acceptors (Lipinski definition) is 1. The van der Waals surface area contributed by atoms with Gasteiger partial charge in [-0.1, -0.05) is 18.2 Å². The molecule has 0 saturated heterocycles. The molecule has 0 N–H and O–H groups in total. The summed E-state index contributed by atoms with van der Waals surface area (Å²) in [6.07, 6.45) is -0.992. The summed E-state index contributed by atoms with van der Waals surface area (Å²) in [4.78, 5) is 0. The third kappa shape index (κ3) is 2.87. The van der Waals surface area contributed by atoms with E-state index in [0.29, 0.717) is 0 Å². The van der Waals surface area contributed by atoms with Crippen molar-refractivity contribution in [2.75, 3.05) is 0 Å². The first-order valence-electron chi connectivity index (χ1n) is 2.64. The second kappa shape index (κ2) is 4.17. The van der Waals surface area contributed by atoms with Crippen LogP contribution in [0.2, 0.25) is 0 Å². The van der Waals surface area contributed by atoms with Crippen molar-refractivity contribution in [3.8, 4) is 5.75 Å². The summed E-state index contributed by atoms with van der Waals surface area (Å²) >= 11 is 8.69. The van der Waals surface area contributed by atoms with Crippen molar-refractivity contribution in [3.63, 3.8) is 0 Å². The molecule has 0 radical (unpaired) electrons. The SMILES string of the molecule is ClP(Br)Oc1ccccc1. The van der Waals surface area contributed by atoms with Gasteiger partial charge in [0.05, 0.1) is 0 Å². The van der Waals surface area contributed by atoms with Gasteiger partial charge in [-0.15, -0.1) is 0 Å². The van der Waals surface area contributed by atoms with E-state index in [-0.39, 0.29) is 0 Å². The van der Waals surface area contributed by atoms with E-state index in [1.54, 1.807) is 0 Å². The molecule has 0 aliphatic carbocycles. The van der Waals surface area contributed by atoms with E-state index in [0.717, 1.165) is 5.75 Å². The minimum atomic E-state index is -0.992. The molecule has 0 heterocycles. The second-order valence-corrected chi connectivity index (χ2v) is 6.27. The molecule has 0 saturated carbocycles. The van der Waals surface area contributed by atoms with Crippen LogP contribution < -0.4 is 4.52 Å². The summed E-state index contributed by atoms with van der Waals surface area (Å²) in [7, 11) is 0. The standard InChI is InChI=1S/C6H5BrClOP/c7-10(8)9-6-4-2-1-3-5-6/h1-5H. The fraction of sp³-hybridized carbons (Fsp3) is 0. The van der Waals surface area contributed by atoms with Crippen molar-refractivity contribution in [3.05, 3.63) is 30.3 Å². The van der Waals surface area contributed by atoms with Gasteiger partial charge in [-0.25, -0.2) is 0 Å². The first-order chi connectivity index (χ1) is 4.79. The van der Waals surface area contributed by atoms with Crippen molar-refractivity contribution in [2.45, 2.75) is 0 Å². The number of halogens is 2. The molecule has 10 heavy (non-hydrogen) atoms. The lowest BCUT2D eigenvalue weighted by atomic mass is 10.3. The Morgan fingerprint density at radius 1 is 1.30 bits per heavy atom. The van der Waals surface area contributed by atoms with Crippen LogP contribution in [-0.2, 0) is 0 Å². The molecule has 0 aromatic heterocycles. The molecule has 1 nitrogen and oxygen atoms in total. The number of hydrogen-bond donors (Lipinski definition) is 0. The van der Waals surface area contributed by atoms with Crippen molar-refractivity contribution in [1.29, 1.82) is 0 Å². The van der Waals surface area contributed by atoms with Crippen LogP contribution in [0.25, 0.3) is 0 Å². The highest BCUT2D eigenvalue weighted by Crippen LogP contribution is 2.50. The van der Waals surface area contributed by atoms with Gasteiger partial charge >= 0.3 is 0 Å². The first kappa shape index (κ1) is 8.32. The number of rotatable bonds is 2. The molecule has 1 aromatic rings. The summed E-state index contributed by atoms with van der Waals surface area (Å²) in [6.45, 7) is 0. The average Bonchev–Trinajstić information content (AvgIpc) is 1.88. The molecule has 0 aliphatic rings. The maximum Gasteiger partial charge on any atom is 0.255 e. The van der Waals surface area contributed by atoms with Crippen LogP contribution in [0.3, 0.4) is 0 Å². The average molecular weight is 239 g/mol. The maximum atomic E-state index is 5.57. The Labute approximate surface area is 73.7 Å². The van der Waals surface area contributed by atoms with Gasteiger partial charge in [0.15, 0.2) is 0 Å². The Morgan fingerprint density at radius 2 is 1.90 bits per heavy atom. The fourth-order valence-electron chi connectivity index (χ4n) is 0.561. The van der Waals surface area contributed by atoms with E-state index < -0.39 is 6.20 Å². The highest BCUT2D eigenvalue weighted by atomic mass is 79.9. The summed E-state index contributed by atoms with van der Waals surface area (Å²) < 4.78 is 5.16. The predicted molar refractivity (Wildman–Crippen MR) is 48.8 cm³/mol. The first-order valence-corrected chi connectivity index (χ1v) is 6.82. The molecule has 1 aromatic carbocycles. The Morgan fingerprint density at radius 3 is 2.40 bits per heavy atom. The topological polar surface area (TPSA) is 9.23 Å². The molecule has 0 amide bonds. The number of para-hydroxylation sites is 1. The predicted octanol–water partition coefficient (Wildman–Crippen LogP) is 3.93. The molecular formula is C6H5BrClOP. The van der Waals surface area contributed by atoms with Crippen molar-refractivity contribution >= 4 is 32.9 Å². The van der Waals surface area contributed by atoms with Crippen LogP contribution in [0.4, 0.5) is 0 Å². The van der Waals surface area contributed by atoms with Gasteiger partial charge in [-0.05, 0) is 23.4 Å².